The Bertz CT molecular complexity index is 3110. The second kappa shape index (κ2) is 22.4. The lowest BCUT2D eigenvalue weighted by molar-refractivity contribution is -0.377. The number of fused-ring (bicyclic) bond motifs is 2. The van der Waals surface area contributed by atoms with Crippen molar-refractivity contribution in [3.05, 3.63) is 144 Å². The molecule has 0 unspecified atom stereocenters. The number of ether oxygens (including phenoxy) is 2. The lowest BCUT2D eigenvalue weighted by Crippen LogP contribution is -2.25. The quantitative estimate of drug-likeness (QED) is 0.0388. The van der Waals surface area contributed by atoms with Crippen molar-refractivity contribution in [1.29, 1.82) is 0 Å². The van der Waals surface area contributed by atoms with Gasteiger partial charge in [0.1, 0.15) is 38.8 Å². The van der Waals surface area contributed by atoms with Crippen molar-refractivity contribution >= 4 is 60.5 Å². The summed E-state index contributed by atoms with van der Waals surface area (Å²) in [4.78, 5) is 27.8. The SMILES string of the molecule is CCC(C)(C)c1ccc(OCCCCNC(=O)c2cc(Oc3ccc(N=Nc4c(C)cc5cc(S(=O)(=O)[O-])cc(NC(C)=O)c5c4O)cc3)c3ccccc3c2O)c(C(C)(C)CC)c1.c1cc[nH+]cc1. The molecule has 0 aliphatic rings. The maximum absolute atomic E-state index is 13.5. The smallest absolute Gasteiger partial charge is 0.255 e. The maximum atomic E-state index is 13.5. The summed E-state index contributed by atoms with van der Waals surface area (Å²) in [5, 5.41) is 37.8. The number of aromatic nitrogens is 1. The summed E-state index contributed by atoms with van der Waals surface area (Å²) >= 11 is 0. The number of nitrogens with one attached hydrogen (secondary N) is 3. The van der Waals surface area contributed by atoms with Crippen molar-refractivity contribution in [3.8, 4) is 28.7 Å². The van der Waals surface area contributed by atoms with Crippen molar-refractivity contribution in [3.63, 3.8) is 0 Å². The number of nitrogens with zero attached hydrogens (tertiary/aromatic N) is 2. The van der Waals surface area contributed by atoms with Gasteiger partial charge in [0.2, 0.25) is 5.91 Å². The molecule has 15 heteroatoms. The van der Waals surface area contributed by atoms with Gasteiger partial charge in [0.05, 0.1) is 28.4 Å². The molecule has 7 rings (SSSR count). The fourth-order valence-electron chi connectivity index (χ4n) is 7.63. The predicted molar refractivity (Wildman–Crippen MR) is 272 cm³/mol. The average molecular weight is 968 g/mol. The molecule has 0 saturated heterocycles. The lowest BCUT2D eigenvalue weighted by atomic mass is 9.76. The molecule has 366 valence electrons. The highest BCUT2D eigenvalue weighted by atomic mass is 32.2. The normalized spacial score (nSPS) is 11.8. The van der Waals surface area contributed by atoms with E-state index in [2.05, 4.69) is 85.6 Å². The monoisotopic (exact) mass is 967 g/mol. The number of anilines is 1. The standard InChI is InChI=1S/C50H56N4O9S.C5H5N/c1-9-49(5,6)33-17-22-42(40(27-33)50(7,8)10-2)62-24-14-13-23-51-48(58)39-29-43(37-15-11-12-16-38(37)46(39)56)63-35-20-18-34(19-21-35)53-54-45-30(3)25-32-26-36(64(59,60)61)28-41(52-31(4)55)44(32)47(45)57;1-2-4-6-5-3-1/h11-12,15-22,25-29,56-57H,9-10,13-14,23-24H2,1-8H3,(H,51,58)(H,52,55)(H,59,60,61);1-5H. The molecule has 70 heavy (non-hydrogen) atoms. The lowest BCUT2D eigenvalue weighted by Gasteiger charge is -2.30. The minimum absolute atomic E-state index is 0.0530. The summed E-state index contributed by atoms with van der Waals surface area (Å²) in [6.07, 6.45) is 7.13. The summed E-state index contributed by atoms with van der Waals surface area (Å²) in [7, 11) is -4.87. The van der Waals surface area contributed by atoms with Crippen LogP contribution in [-0.2, 0) is 25.7 Å². The predicted octanol–water partition coefficient (Wildman–Crippen LogP) is 12.2. The molecule has 2 amide bonds. The second-order valence-corrected chi connectivity index (χ2v) is 19.7. The van der Waals surface area contributed by atoms with Crippen LogP contribution in [0.15, 0.2) is 137 Å². The zero-order valence-electron chi connectivity index (χ0n) is 40.8. The Balaban J connectivity index is 0.00000124. The largest absolute Gasteiger partial charge is 0.744 e. The second-order valence-electron chi connectivity index (χ2n) is 18.3. The van der Waals surface area contributed by atoms with Gasteiger partial charge in [-0.1, -0.05) is 84.0 Å². The fraction of sp³-hybridized carbons (Fsp3) is 0.291. The van der Waals surface area contributed by atoms with Gasteiger partial charge in [0, 0.05) is 47.3 Å². The molecule has 0 bridgehead atoms. The number of rotatable bonds is 17. The minimum Gasteiger partial charge on any atom is -0.744 e. The van der Waals surface area contributed by atoms with Crippen LogP contribution in [0.3, 0.4) is 0 Å². The Labute approximate surface area is 409 Å². The summed E-state index contributed by atoms with van der Waals surface area (Å²) in [6, 6.07) is 31.2. The van der Waals surface area contributed by atoms with Crippen LogP contribution in [0.1, 0.15) is 101 Å². The van der Waals surface area contributed by atoms with Crippen LogP contribution in [0, 0.1) is 6.92 Å². The van der Waals surface area contributed by atoms with Gasteiger partial charge in [0.15, 0.2) is 18.1 Å². The molecule has 0 saturated carbocycles. The van der Waals surface area contributed by atoms with Crippen molar-refractivity contribution in [2.45, 2.75) is 96.8 Å². The number of phenolic OH excluding ortho intramolecular Hbond substituents is 2. The van der Waals surface area contributed by atoms with E-state index in [4.69, 9.17) is 9.47 Å². The van der Waals surface area contributed by atoms with Crippen LogP contribution in [0.4, 0.5) is 17.1 Å². The molecular weight excluding hydrogens is 907 g/mol. The number of aryl methyl sites for hydroxylation is 1. The Hall–Kier alpha value is -7.36. The van der Waals surface area contributed by atoms with E-state index < -0.39 is 26.8 Å². The molecule has 0 aliphatic heterocycles. The van der Waals surface area contributed by atoms with E-state index in [-0.39, 0.29) is 50.0 Å². The molecule has 7 aromatic rings. The zero-order chi connectivity index (χ0) is 50.8. The number of H-pyrrole nitrogens is 1. The molecule has 5 N–H and O–H groups in total. The number of unbranched alkanes of at least 4 members (excludes halogenated alkanes) is 1. The highest BCUT2D eigenvalue weighted by Gasteiger charge is 2.27. The Morgan fingerprint density at radius 1 is 0.771 bits per heavy atom. The Kier molecular flexibility index (Phi) is 16.6. The molecule has 6 aromatic carbocycles. The van der Waals surface area contributed by atoms with Crippen molar-refractivity contribution in [1.82, 2.24) is 5.32 Å². The molecule has 0 fully saturated rings. The number of azo groups is 1. The van der Waals surface area contributed by atoms with E-state index in [1.54, 1.807) is 55.5 Å². The number of pyridine rings is 1. The summed E-state index contributed by atoms with van der Waals surface area (Å²) in [5.74, 6) is 0.119. The van der Waals surface area contributed by atoms with Crippen LogP contribution in [0.25, 0.3) is 21.5 Å². The van der Waals surface area contributed by atoms with Crippen molar-refractivity contribution in [2.75, 3.05) is 18.5 Å². The van der Waals surface area contributed by atoms with Gasteiger partial charge in [-0.05, 0) is 115 Å². The van der Waals surface area contributed by atoms with E-state index in [1.165, 1.54) is 30.2 Å². The Morgan fingerprint density at radius 2 is 1.46 bits per heavy atom. The molecule has 1 aromatic heterocycles. The number of aromatic amines is 1. The van der Waals surface area contributed by atoms with Crippen molar-refractivity contribution < 1.29 is 47.2 Å². The van der Waals surface area contributed by atoms with Gasteiger partial charge >= 0.3 is 0 Å². The van der Waals surface area contributed by atoms with Gasteiger partial charge in [0.25, 0.3) is 5.91 Å². The van der Waals surface area contributed by atoms with Crippen molar-refractivity contribution in [2.24, 2.45) is 10.2 Å². The number of phenols is 2. The third-order valence-corrected chi connectivity index (χ3v) is 13.3. The van der Waals surface area contributed by atoms with Crippen LogP contribution in [0.2, 0.25) is 0 Å². The highest BCUT2D eigenvalue weighted by Crippen LogP contribution is 2.44. The first-order valence-electron chi connectivity index (χ1n) is 23.2. The number of amides is 2. The van der Waals surface area contributed by atoms with E-state index in [9.17, 15) is 32.8 Å². The number of hydrogen-bond donors (Lipinski definition) is 4. The Morgan fingerprint density at radius 3 is 2.07 bits per heavy atom. The van der Waals surface area contributed by atoms with Gasteiger partial charge in [-0.3, -0.25) is 9.59 Å². The molecule has 0 spiro atoms. The molecular formula is C55H61N5O9S. The third-order valence-electron chi connectivity index (χ3n) is 12.5. The number of benzene rings is 6. The van der Waals surface area contributed by atoms with Crippen LogP contribution in [0.5, 0.6) is 28.7 Å². The van der Waals surface area contributed by atoms with E-state index in [0.717, 1.165) is 30.7 Å². The molecule has 0 aliphatic carbocycles. The first-order chi connectivity index (χ1) is 33.2. The molecule has 0 radical (unpaired) electrons. The summed E-state index contributed by atoms with van der Waals surface area (Å²) < 4.78 is 48.0. The average Bonchev–Trinajstić information content (AvgIpc) is 3.33. The van der Waals surface area contributed by atoms with E-state index >= 15 is 0 Å². The number of carbonyl (C=O) groups is 2. The fourth-order valence-corrected chi connectivity index (χ4v) is 8.16. The summed E-state index contributed by atoms with van der Waals surface area (Å²) in [5.41, 5.74) is 3.38. The van der Waals surface area contributed by atoms with E-state index in [0.29, 0.717) is 59.5 Å². The maximum Gasteiger partial charge on any atom is 0.255 e. The van der Waals surface area contributed by atoms with Gasteiger partial charge in [-0.15, -0.1) is 5.11 Å². The van der Waals surface area contributed by atoms with Gasteiger partial charge < -0.3 is 34.9 Å². The van der Waals surface area contributed by atoms with Gasteiger partial charge in [-0.2, -0.15) is 5.11 Å². The molecule has 1 heterocycles. The minimum atomic E-state index is -4.87. The van der Waals surface area contributed by atoms with Crippen LogP contribution in [-0.4, -0.2) is 48.1 Å². The molecule has 0 atom stereocenters. The summed E-state index contributed by atoms with van der Waals surface area (Å²) in [6.45, 7) is 17.1. The van der Waals surface area contributed by atoms with Crippen LogP contribution < -0.4 is 25.1 Å². The molecule has 14 nitrogen and oxygen atoms in total. The number of aromatic hydroxyl groups is 2. The zero-order valence-corrected chi connectivity index (χ0v) is 41.7. The number of hydrogen-bond acceptors (Lipinski definition) is 11. The van der Waals surface area contributed by atoms with Gasteiger partial charge in [-0.25, -0.2) is 13.4 Å². The highest BCUT2D eigenvalue weighted by molar-refractivity contribution is 7.85. The van der Waals surface area contributed by atoms with E-state index in [1.807, 2.05) is 30.6 Å². The topological polar surface area (TPSA) is 213 Å². The first-order valence-corrected chi connectivity index (χ1v) is 24.6. The number of carbonyl (C=O) groups excluding carboxylic acids is 2. The third kappa shape index (κ3) is 12.6. The van der Waals surface area contributed by atoms with Crippen LogP contribution >= 0.6 is 0 Å². The first kappa shape index (κ1) is 52.0.